The van der Waals surface area contributed by atoms with Gasteiger partial charge < -0.3 is 91.4 Å². The summed E-state index contributed by atoms with van der Waals surface area (Å²) in [5.74, 6) is 0.0260. The number of hydrogen-bond acceptors (Lipinski definition) is 27. The Morgan fingerprint density at radius 1 is 0.393 bits per heavy atom. The maximum Gasteiger partial charge on any atom is 0.410 e. The SMILES string of the molecule is CC(=O)CCC(=O)[C@@H]1CC(OC(C)(C)C)CN1C(=O)OCc1ccccc1.CC(C)(C)OC1CN[C@H](c2ncco2)C1.CC(C)(C)OC1C[C@@H](C(=O)O)N(C(=O)OCc2ccccc2)C1.CC(C)(C)OC1C[C@@H](c2ncco2)N(C(=O)OCc2ccccc2)C1.CC(Cl)(Cl)Cl.COC(CCC(=O)[C@@H]1CC(OC(C)(C)C)CN1C(=O)OCc1ccccc1)OC.COC(CN)OC.c1ccc(P(c2ccccc2)c2ccccc2)cc1. The molecule has 5 aliphatic heterocycles. The van der Waals surface area contributed by atoms with Crippen molar-refractivity contribution in [3.05, 3.63) is 271 Å². The molecule has 0 saturated carbocycles. The van der Waals surface area contributed by atoms with E-state index in [-0.39, 0.29) is 153 Å². The van der Waals surface area contributed by atoms with E-state index in [1.165, 1.54) is 64.9 Å². The van der Waals surface area contributed by atoms with Gasteiger partial charge in [-0.1, -0.05) is 247 Å². The Kier molecular flexibility index (Phi) is 53.2. The van der Waals surface area contributed by atoms with E-state index in [9.17, 15) is 43.5 Å². The highest BCUT2D eigenvalue weighted by molar-refractivity contribution is 7.79. The number of hydrogen-bond donors (Lipinski definition) is 3. The summed E-state index contributed by atoms with van der Waals surface area (Å²) >= 11 is 15.2. The first-order valence-electron chi connectivity index (χ1n) is 50.3. The fourth-order valence-corrected chi connectivity index (χ4v) is 18.9. The number of oxazole rings is 2. The minimum absolute atomic E-state index is 0.0398. The van der Waals surface area contributed by atoms with Gasteiger partial charge in [0.25, 0.3) is 0 Å². The van der Waals surface area contributed by atoms with Crippen LogP contribution in [0.1, 0.15) is 222 Å². The van der Waals surface area contributed by atoms with Crippen molar-refractivity contribution in [2.24, 2.45) is 5.73 Å². The van der Waals surface area contributed by atoms with Crippen LogP contribution in [0.3, 0.4) is 0 Å². The van der Waals surface area contributed by atoms with E-state index in [4.69, 9.17) is 111 Å². The third-order valence-corrected chi connectivity index (χ3v) is 25.1. The zero-order valence-electron chi connectivity index (χ0n) is 90.6. The molecule has 7 heterocycles. The molecule has 5 aliphatic rings. The smallest absolute Gasteiger partial charge is 0.410 e. The van der Waals surface area contributed by atoms with Gasteiger partial charge in [-0.15, -0.1) is 0 Å². The number of Topliss-reactive ketones (excluding diaryl/α,β-unsaturated/α-hetero) is 3. The Balaban J connectivity index is 0.000000240. The largest absolute Gasteiger partial charge is 0.480 e. The fourth-order valence-electron chi connectivity index (χ4n) is 16.6. The lowest BCUT2D eigenvalue weighted by Crippen LogP contribution is -2.41. The van der Waals surface area contributed by atoms with Crippen molar-refractivity contribution in [1.82, 2.24) is 34.9 Å². The lowest BCUT2D eigenvalue weighted by Gasteiger charge is -2.25. The molecule has 4 amide bonds. The first-order chi connectivity index (χ1) is 70.9. The molecule has 0 radical (unpaired) electrons. The number of carboxylic acids is 1. The van der Waals surface area contributed by atoms with Crippen molar-refractivity contribution in [3.63, 3.8) is 0 Å². The van der Waals surface area contributed by atoms with Gasteiger partial charge in [-0.2, -0.15) is 0 Å². The molecule has 0 spiro atoms. The van der Waals surface area contributed by atoms with Crippen LogP contribution in [0.25, 0.3) is 0 Å². The van der Waals surface area contributed by atoms with Crippen molar-refractivity contribution in [1.29, 1.82) is 0 Å². The number of carbonyl (C=O) groups excluding carboxylic acids is 7. The summed E-state index contributed by atoms with van der Waals surface area (Å²) in [5, 5.41) is 16.9. The minimum Gasteiger partial charge on any atom is -0.480 e. The van der Waals surface area contributed by atoms with Crippen LogP contribution in [-0.2, 0) is 107 Å². The number of likely N-dealkylation sites (tertiary alicyclic amines) is 4. The molecule has 5 saturated heterocycles. The molecule has 14 rings (SSSR count). The van der Waals surface area contributed by atoms with Crippen LogP contribution in [0.15, 0.2) is 246 Å². The van der Waals surface area contributed by atoms with Gasteiger partial charge in [0.2, 0.25) is 11.8 Å². The molecule has 36 heteroatoms. The second kappa shape index (κ2) is 63.1. The molecule has 32 nitrogen and oxygen atoms in total. The molecule has 5 unspecified atom stereocenters. The zero-order valence-corrected chi connectivity index (χ0v) is 93.7. The number of alkyl halides is 3. The Hall–Kier alpha value is -10.6. The van der Waals surface area contributed by atoms with E-state index in [0.717, 1.165) is 41.1 Å². The maximum absolute atomic E-state index is 12.9. The molecule has 822 valence electrons. The molecule has 9 aromatic rings. The summed E-state index contributed by atoms with van der Waals surface area (Å²) in [7, 11) is 5.74. The predicted octanol–water partition coefficient (Wildman–Crippen LogP) is 21.0. The molecular formula is C114H156Cl3N8O24P. The molecular weight excluding hydrogens is 2000 g/mol. The van der Waals surface area contributed by atoms with Crippen molar-refractivity contribution in [2.45, 2.75) is 307 Å². The lowest BCUT2D eigenvalue weighted by molar-refractivity contribution is -0.142. The van der Waals surface area contributed by atoms with Crippen LogP contribution in [0.2, 0.25) is 0 Å². The van der Waals surface area contributed by atoms with E-state index < -0.39 is 66.0 Å². The number of carbonyl (C=O) groups is 8. The molecule has 150 heavy (non-hydrogen) atoms. The Morgan fingerprint density at radius 3 is 0.973 bits per heavy atom. The molecule has 7 aromatic carbocycles. The number of halogens is 3. The van der Waals surface area contributed by atoms with Gasteiger partial charge in [0.15, 0.2) is 27.9 Å². The number of carboxylic acid groups (broad SMARTS) is 1. The molecule has 4 N–H and O–H groups in total. The number of methoxy groups -OCH3 is 4. The normalized spacial score (nSPS) is 19.0. The number of aliphatic carboxylic acids is 1. The maximum atomic E-state index is 12.9. The highest BCUT2D eigenvalue weighted by Crippen LogP contribution is 2.38. The predicted molar refractivity (Wildman–Crippen MR) is 580 cm³/mol. The van der Waals surface area contributed by atoms with Crippen molar-refractivity contribution in [2.75, 3.05) is 67.7 Å². The van der Waals surface area contributed by atoms with Gasteiger partial charge in [0.05, 0.1) is 115 Å². The third kappa shape index (κ3) is 48.6. The van der Waals surface area contributed by atoms with E-state index in [0.29, 0.717) is 57.8 Å². The highest BCUT2D eigenvalue weighted by atomic mass is 35.6. The van der Waals surface area contributed by atoms with Crippen LogP contribution in [0, 0.1) is 0 Å². The van der Waals surface area contributed by atoms with E-state index in [1.807, 2.05) is 204 Å². The first-order valence-corrected chi connectivity index (χ1v) is 52.8. The number of ether oxygens (including phenoxy) is 13. The average molecular weight is 2160 g/mol. The van der Waals surface area contributed by atoms with Crippen molar-refractivity contribution in [3.8, 4) is 0 Å². The summed E-state index contributed by atoms with van der Waals surface area (Å²) in [6, 6.07) is 67.9. The standard InChI is InChI=1S/C22H33NO6.C21H29NO5.C19H24N2O4.C18H15P.C17H23NO5.C11H18N2O2.C4H11NO2.C2H3Cl3/c1-22(2,3)29-17-13-18(19(24)11-12-20(26-4)27-5)23(14-17)21(25)28-15-16-9-7-6-8-10-16;1-15(23)10-11-19(24)18-12-17(27-21(2,3)4)13-22(18)20(25)26-14-16-8-6-5-7-9-16;1-19(2,3)25-15-11-16(17-20-9-10-23-17)21(12-15)18(22)24-13-14-7-5-4-6-8-14;1-4-10-16(11-5-1)19(17-12-6-2-7-13-17)18-14-8-3-9-15-18;1-17(2,3)23-13-9-14(15(19)20)18(10-13)16(21)22-11-12-7-5-4-6-8-12;1-11(2,3)15-8-6-9(13-7-8)10-12-4-5-14-10;1-6-4(3-5)7-2;1-2(3,4)5/h6-10,17-18,20H,11-15H2,1-5H3;5-9,17-18H,10-14H2,1-4H3;4-10,15-16H,11-13H2,1-3H3;1-15H;4-8,13-14H,9-11H2,1-3H3,(H,19,20);4-5,8-9,13H,6-7H2,1-3H3;4H,3,5H2,1-2H3;1H3/t2*17?,18-;15?,16-;;13?,14-;8?,9-;;/m000.00../s1. The van der Waals surface area contributed by atoms with Crippen LogP contribution >= 0.6 is 42.7 Å². The van der Waals surface area contributed by atoms with E-state index in [1.54, 1.807) is 37.8 Å². The minimum atomic E-state index is -1.08. The number of ketones is 3. The molecule has 0 bridgehead atoms. The summed E-state index contributed by atoms with van der Waals surface area (Å²) in [5.41, 5.74) is 7.23. The second-order valence-corrected chi connectivity index (χ2v) is 46.2. The van der Waals surface area contributed by atoms with Crippen molar-refractivity contribution >= 4 is 106 Å². The number of nitrogens with zero attached hydrogens (tertiary/aromatic N) is 6. The van der Waals surface area contributed by atoms with Crippen molar-refractivity contribution < 1.29 is 114 Å². The lowest BCUT2D eigenvalue weighted by atomic mass is 10.0. The van der Waals surface area contributed by atoms with Gasteiger partial charge in [0.1, 0.15) is 56.8 Å². The third-order valence-electron chi connectivity index (χ3n) is 22.7. The van der Waals surface area contributed by atoms with Gasteiger partial charge in [-0.3, -0.25) is 29.2 Å². The number of aromatic nitrogens is 2. The molecule has 10 atom stereocenters. The summed E-state index contributed by atoms with van der Waals surface area (Å²) in [4.78, 5) is 112. The number of nitrogens with two attached hydrogens (primary N) is 1. The zero-order chi connectivity index (χ0) is 110. The van der Waals surface area contributed by atoms with E-state index >= 15 is 0 Å². The first kappa shape index (κ1) is 126. The molecule has 0 aliphatic carbocycles. The molecule has 5 fully saturated rings. The van der Waals surface area contributed by atoms with Gasteiger partial charge in [-0.25, -0.2) is 33.9 Å². The number of benzene rings is 7. The monoisotopic (exact) mass is 2160 g/mol. The fraction of sp³-hybridized carbons (Fsp3) is 0.509. The number of rotatable bonds is 32. The number of nitrogens with one attached hydrogen (secondary N) is 1. The summed E-state index contributed by atoms with van der Waals surface area (Å²) in [6.45, 7) is 35.8. The van der Waals surface area contributed by atoms with Gasteiger partial charge in [-0.05, 0) is 170 Å². The van der Waals surface area contributed by atoms with Crippen LogP contribution < -0.4 is 27.0 Å². The van der Waals surface area contributed by atoms with Crippen LogP contribution in [0.4, 0.5) is 19.2 Å². The van der Waals surface area contributed by atoms with Gasteiger partial charge >= 0.3 is 30.3 Å². The number of amides is 4. The van der Waals surface area contributed by atoms with Crippen LogP contribution in [-0.4, -0.2) is 243 Å². The Morgan fingerprint density at radius 2 is 0.680 bits per heavy atom. The Labute approximate surface area is 901 Å². The summed E-state index contributed by atoms with van der Waals surface area (Å²) < 4.78 is 80.7. The Bertz CT molecular complexity index is 5260. The topological polar surface area (TPSA) is 380 Å². The summed E-state index contributed by atoms with van der Waals surface area (Å²) in [6.07, 6.45) is 6.80. The van der Waals surface area contributed by atoms with Gasteiger partial charge in [0, 0.05) is 92.9 Å². The van der Waals surface area contributed by atoms with Crippen LogP contribution in [0.5, 0.6) is 0 Å². The highest BCUT2D eigenvalue weighted by Gasteiger charge is 2.47. The van der Waals surface area contributed by atoms with E-state index in [2.05, 4.69) is 127 Å². The average Bonchev–Trinajstić information content (AvgIpc) is 1.68. The molecule has 2 aromatic heterocycles. The quantitative estimate of drug-likeness (QED) is 0.0153. The second-order valence-electron chi connectivity index (χ2n) is 41.1.